The highest BCUT2D eigenvalue weighted by Gasteiger charge is 2.16. The molecule has 0 radical (unpaired) electrons. The van der Waals surface area contributed by atoms with Gasteiger partial charge in [-0.25, -0.2) is 9.97 Å². The van der Waals surface area contributed by atoms with Gasteiger partial charge in [0, 0.05) is 18.5 Å². The maximum Gasteiger partial charge on any atom is 0.134 e. The number of aromatic nitrogens is 2. The molecule has 5 heteroatoms. The van der Waals surface area contributed by atoms with Gasteiger partial charge in [-0.15, -0.1) is 0 Å². The molecule has 1 aromatic rings. The minimum Gasteiger partial charge on any atom is -0.383 e. The third-order valence-electron chi connectivity index (χ3n) is 4.39. The Balaban J connectivity index is 1.87. The highest BCUT2D eigenvalue weighted by Crippen LogP contribution is 2.21. The smallest absolute Gasteiger partial charge is 0.134 e. The van der Waals surface area contributed by atoms with E-state index in [1.807, 2.05) is 6.92 Å². The van der Waals surface area contributed by atoms with Gasteiger partial charge in [-0.2, -0.15) is 0 Å². The van der Waals surface area contributed by atoms with Crippen LogP contribution in [-0.4, -0.2) is 41.5 Å². The Morgan fingerprint density at radius 1 is 1.29 bits per heavy atom. The van der Waals surface area contributed by atoms with E-state index in [1.54, 1.807) is 0 Å². The molecule has 0 saturated carbocycles. The van der Waals surface area contributed by atoms with E-state index >= 15 is 0 Å². The molecule has 1 fully saturated rings. The third kappa shape index (κ3) is 4.56. The highest BCUT2D eigenvalue weighted by molar-refractivity contribution is 5.54. The number of nitrogens with zero attached hydrogens (tertiary/aromatic N) is 3. The second kappa shape index (κ2) is 7.59. The van der Waals surface area contributed by atoms with Gasteiger partial charge in [-0.1, -0.05) is 6.92 Å². The Morgan fingerprint density at radius 2 is 2.00 bits per heavy atom. The lowest BCUT2D eigenvalue weighted by molar-refractivity contribution is 0.215. The monoisotopic (exact) mass is 291 g/mol. The van der Waals surface area contributed by atoms with Gasteiger partial charge in [0.25, 0.3) is 0 Å². The van der Waals surface area contributed by atoms with Crippen LogP contribution in [0.1, 0.15) is 44.0 Å². The van der Waals surface area contributed by atoms with Gasteiger partial charge in [0.15, 0.2) is 0 Å². The molecule has 0 unspecified atom stereocenters. The molecule has 1 aliphatic heterocycles. The number of aryl methyl sites for hydroxylation is 1. The summed E-state index contributed by atoms with van der Waals surface area (Å²) in [4.78, 5) is 11.4. The number of piperidine rings is 1. The van der Waals surface area contributed by atoms with Crippen LogP contribution < -0.4 is 11.1 Å². The second-order valence-corrected chi connectivity index (χ2v) is 6.21. The molecule has 1 aliphatic rings. The van der Waals surface area contributed by atoms with E-state index in [0.29, 0.717) is 5.82 Å². The zero-order valence-corrected chi connectivity index (χ0v) is 13.7. The Kier molecular flexibility index (Phi) is 5.79. The first-order valence-electron chi connectivity index (χ1n) is 8.15. The van der Waals surface area contributed by atoms with Crippen LogP contribution in [-0.2, 0) is 6.42 Å². The molecule has 1 aromatic heterocycles. The Labute approximate surface area is 128 Å². The molecular formula is C16H29N5. The van der Waals surface area contributed by atoms with Crippen molar-refractivity contribution in [2.75, 3.05) is 37.7 Å². The number of hydrogen-bond acceptors (Lipinski definition) is 5. The van der Waals surface area contributed by atoms with Gasteiger partial charge in [-0.05, 0) is 58.7 Å². The predicted molar refractivity (Wildman–Crippen MR) is 88.5 cm³/mol. The van der Waals surface area contributed by atoms with Gasteiger partial charge in [0.05, 0.1) is 0 Å². The van der Waals surface area contributed by atoms with E-state index in [0.717, 1.165) is 42.5 Å². The maximum atomic E-state index is 5.98. The molecule has 0 spiro atoms. The topological polar surface area (TPSA) is 67.1 Å². The van der Waals surface area contributed by atoms with Crippen LogP contribution >= 0.6 is 0 Å². The van der Waals surface area contributed by atoms with Crippen molar-refractivity contribution >= 4 is 11.6 Å². The first-order chi connectivity index (χ1) is 10.1. The first kappa shape index (κ1) is 16.0. The molecule has 5 nitrogen and oxygen atoms in total. The van der Waals surface area contributed by atoms with Crippen LogP contribution in [0, 0.1) is 12.8 Å². The fraction of sp³-hybridized carbons (Fsp3) is 0.750. The summed E-state index contributed by atoms with van der Waals surface area (Å²) in [6.07, 6.45) is 5.75. The SMILES string of the molecule is CCCc1nc(N)c(C)c(NCCC2CCN(C)CC2)n1. The summed E-state index contributed by atoms with van der Waals surface area (Å²) in [6, 6.07) is 0. The molecule has 21 heavy (non-hydrogen) atoms. The largest absolute Gasteiger partial charge is 0.383 e. The van der Waals surface area contributed by atoms with E-state index < -0.39 is 0 Å². The average molecular weight is 291 g/mol. The van der Waals surface area contributed by atoms with E-state index in [2.05, 4.69) is 34.2 Å². The summed E-state index contributed by atoms with van der Waals surface area (Å²) in [5, 5.41) is 3.47. The molecule has 0 aliphatic carbocycles. The van der Waals surface area contributed by atoms with Crippen LogP contribution in [0.25, 0.3) is 0 Å². The van der Waals surface area contributed by atoms with Crippen molar-refractivity contribution in [3.63, 3.8) is 0 Å². The molecule has 0 bridgehead atoms. The van der Waals surface area contributed by atoms with Crippen LogP contribution in [0.2, 0.25) is 0 Å². The van der Waals surface area contributed by atoms with Gasteiger partial charge < -0.3 is 16.0 Å². The molecule has 3 N–H and O–H groups in total. The summed E-state index contributed by atoms with van der Waals surface area (Å²) < 4.78 is 0. The number of nitrogens with two attached hydrogens (primary N) is 1. The fourth-order valence-electron chi connectivity index (χ4n) is 2.84. The zero-order valence-electron chi connectivity index (χ0n) is 13.7. The van der Waals surface area contributed by atoms with Crippen molar-refractivity contribution in [1.29, 1.82) is 0 Å². The van der Waals surface area contributed by atoms with Crippen LogP contribution in [0.4, 0.5) is 11.6 Å². The number of nitrogens with one attached hydrogen (secondary N) is 1. The zero-order chi connectivity index (χ0) is 15.2. The van der Waals surface area contributed by atoms with E-state index in [9.17, 15) is 0 Å². The standard InChI is InChI=1S/C16H29N5/c1-4-5-14-19-15(17)12(2)16(20-14)18-9-6-13-7-10-21(3)11-8-13/h13H,4-11H2,1-3H3,(H3,17,18,19,20). The number of likely N-dealkylation sites (tertiary alicyclic amines) is 1. The summed E-state index contributed by atoms with van der Waals surface area (Å²) >= 11 is 0. The molecule has 2 heterocycles. The van der Waals surface area contributed by atoms with Crippen molar-refractivity contribution in [2.45, 2.75) is 46.0 Å². The molecular weight excluding hydrogens is 262 g/mol. The van der Waals surface area contributed by atoms with Crippen LogP contribution in [0.15, 0.2) is 0 Å². The van der Waals surface area contributed by atoms with Crippen molar-refractivity contribution < 1.29 is 0 Å². The highest BCUT2D eigenvalue weighted by atomic mass is 15.1. The van der Waals surface area contributed by atoms with Gasteiger partial charge in [0.1, 0.15) is 17.5 Å². The lowest BCUT2D eigenvalue weighted by Gasteiger charge is -2.29. The fourth-order valence-corrected chi connectivity index (χ4v) is 2.84. The summed E-state index contributed by atoms with van der Waals surface area (Å²) in [5.41, 5.74) is 6.96. The number of hydrogen-bond donors (Lipinski definition) is 2. The molecule has 2 rings (SSSR count). The van der Waals surface area contributed by atoms with E-state index in [1.165, 1.54) is 32.4 Å². The lowest BCUT2D eigenvalue weighted by atomic mass is 9.94. The van der Waals surface area contributed by atoms with Crippen molar-refractivity contribution in [1.82, 2.24) is 14.9 Å². The van der Waals surface area contributed by atoms with Crippen LogP contribution in [0.3, 0.4) is 0 Å². The van der Waals surface area contributed by atoms with Gasteiger partial charge in [-0.3, -0.25) is 0 Å². The Bertz CT molecular complexity index is 452. The number of nitrogen functional groups attached to an aromatic ring is 1. The molecule has 0 amide bonds. The summed E-state index contributed by atoms with van der Waals surface area (Å²) in [7, 11) is 2.21. The third-order valence-corrected chi connectivity index (χ3v) is 4.39. The average Bonchev–Trinajstić information content (AvgIpc) is 2.46. The van der Waals surface area contributed by atoms with E-state index in [-0.39, 0.29) is 0 Å². The van der Waals surface area contributed by atoms with Crippen molar-refractivity contribution in [3.05, 3.63) is 11.4 Å². The molecule has 0 aromatic carbocycles. The molecule has 118 valence electrons. The van der Waals surface area contributed by atoms with Gasteiger partial charge >= 0.3 is 0 Å². The first-order valence-corrected chi connectivity index (χ1v) is 8.15. The summed E-state index contributed by atoms with van der Waals surface area (Å²) in [6.45, 7) is 7.54. The quantitative estimate of drug-likeness (QED) is 0.843. The molecule has 0 atom stereocenters. The predicted octanol–water partition coefficient (Wildman–Crippen LogP) is 2.46. The van der Waals surface area contributed by atoms with E-state index in [4.69, 9.17) is 5.73 Å². The van der Waals surface area contributed by atoms with Crippen LogP contribution in [0.5, 0.6) is 0 Å². The maximum absolute atomic E-state index is 5.98. The summed E-state index contributed by atoms with van der Waals surface area (Å²) in [5.74, 6) is 3.21. The Morgan fingerprint density at radius 3 is 2.67 bits per heavy atom. The normalized spacial score (nSPS) is 17.1. The minimum absolute atomic E-state index is 0.607. The lowest BCUT2D eigenvalue weighted by Crippen LogP contribution is -2.31. The van der Waals surface area contributed by atoms with Crippen molar-refractivity contribution in [2.24, 2.45) is 5.92 Å². The second-order valence-electron chi connectivity index (χ2n) is 6.21. The Hall–Kier alpha value is -1.36. The van der Waals surface area contributed by atoms with Gasteiger partial charge in [0.2, 0.25) is 0 Å². The van der Waals surface area contributed by atoms with Crippen molar-refractivity contribution in [3.8, 4) is 0 Å². The number of rotatable bonds is 6. The minimum atomic E-state index is 0.607. The molecule has 1 saturated heterocycles. The number of anilines is 2.